The Morgan fingerprint density at radius 1 is 1.57 bits per heavy atom. The van der Waals surface area contributed by atoms with E-state index in [2.05, 4.69) is 0 Å². The van der Waals surface area contributed by atoms with Crippen LogP contribution in [-0.4, -0.2) is 43.6 Å². The third-order valence-electron chi connectivity index (χ3n) is 0.810. The second kappa shape index (κ2) is 3.20. The van der Waals surface area contributed by atoms with E-state index in [-0.39, 0.29) is 34.8 Å². The summed E-state index contributed by atoms with van der Waals surface area (Å²) in [6.45, 7) is 0. The van der Waals surface area contributed by atoms with Gasteiger partial charge in [0.05, 0.1) is 5.25 Å². The van der Waals surface area contributed by atoms with E-state index in [1.165, 1.54) is 0 Å². The summed E-state index contributed by atoms with van der Waals surface area (Å²) >= 11 is -1.51. The molecule has 1 fully saturated rings. The molecule has 0 aromatic rings. The minimum Gasteiger partial charge on any atom is -0.306 e. The molecule has 1 aliphatic rings. The zero-order valence-corrected chi connectivity index (χ0v) is 7.07. The molecule has 0 amide bonds. The molecular weight excluding hydrogens is 123 g/mol. The molecule has 1 unspecified atom stereocenters. The Morgan fingerprint density at radius 3 is 2.00 bits per heavy atom. The van der Waals surface area contributed by atoms with Gasteiger partial charge in [-0.15, -0.1) is 0 Å². The average molecular weight is 129 g/mol. The van der Waals surface area contributed by atoms with Gasteiger partial charge in [0, 0.05) is 29.6 Å². The molecule has 7 heavy (non-hydrogen) atoms. The standard InChI is InChI=1S/C3H6O2S.Na/c4-6(5)3-1-2-3;/h3H,1-2H2,(H,4,5);. The van der Waals surface area contributed by atoms with Crippen LogP contribution in [0.2, 0.25) is 0 Å². The van der Waals surface area contributed by atoms with Gasteiger partial charge in [0.25, 0.3) is 0 Å². The van der Waals surface area contributed by atoms with E-state index >= 15 is 0 Å². The van der Waals surface area contributed by atoms with Gasteiger partial charge < -0.3 is 4.55 Å². The molecule has 1 saturated carbocycles. The van der Waals surface area contributed by atoms with E-state index < -0.39 is 11.1 Å². The van der Waals surface area contributed by atoms with Gasteiger partial charge in [-0.25, -0.2) is 4.21 Å². The zero-order valence-electron chi connectivity index (χ0n) is 4.26. The summed E-state index contributed by atoms with van der Waals surface area (Å²) in [7, 11) is 0. The van der Waals surface area contributed by atoms with E-state index in [4.69, 9.17) is 4.55 Å². The van der Waals surface area contributed by atoms with E-state index in [9.17, 15) is 4.21 Å². The maximum absolute atomic E-state index is 9.87. The minimum absolute atomic E-state index is 0. The van der Waals surface area contributed by atoms with Gasteiger partial charge in [0.15, 0.2) is 11.1 Å². The molecule has 0 aliphatic heterocycles. The second-order valence-corrected chi connectivity index (χ2v) is 2.69. The Hall–Kier alpha value is 1.11. The first kappa shape index (κ1) is 8.11. The van der Waals surface area contributed by atoms with Crippen LogP contribution < -0.4 is 0 Å². The maximum atomic E-state index is 9.87. The fourth-order valence-electron chi connectivity index (χ4n) is 0.270. The van der Waals surface area contributed by atoms with E-state index in [0.717, 1.165) is 12.8 Å². The Kier molecular flexibility index (Phi) is 3.71. The molecule has 1 radical (unpaired) electrons. The Labute approximate surface area is 67.3 Å². The van der Waals surface area contributed by atoms with Crippen molar-refractivity contribution >= 4 is 40.6 Å². The molecular formula is C3H6NaO2S. The molecule has 0 spiro atoms. The van der Waals surface area contributed by atoms with Crippen molar-refractivity contribution in [2.45, 2.75) is 18.1 Å². The Morgan fingerprint density at radius 2 is 2.00 bits per heavy atom. The molecule has 0 bridgehead atoms. The van der Waals surface area contributed by atoms with Crippen molar-refractivity contribution in [3.63, 3.8) is 0 Å². The third-order valence-corrected chi connectivity index (χ3v) is 1.85. The zero-order chi connectivity index (χ0) is 4.57. The molecule has 0 aromatic carbocycles. The minimum atomic E-state index is -1.51. The summed E-state index contributed by atoms with van der Waals surface area (Å²) in [5.74, 6) is 0. The molecule has 1 rings (SSSR count). The second-order valence-electron chi connectivity index (χ2n) is 1.48. The molecule has 4 heteroatoms. The molecule has 1 atom stereocenters. The van der Waals surface area contributed by atoms with Crippen LogP contribution in [0, 0.1) is 0 Å². The van der Waals surface area contributed by atoms with Crippen LogP contribution in [0.1, 0.15) is 12.8 Å². The smallest absolute Gasteiger partial charge is 0.155 e. The van der Waals surface area contributed by atoms with Crippen molar-refractivity contribution < 1.29 is 8.76 Å². The van der Waals surface area contributed by atoms with Crippen LogP contribution in [0.3, 0.4) is 0 Å². The Balaban J connectivity index is 0.000000360. The molecule has 2 nitrogen and oxygen atoms in total. The third kappa shape index (κ3) is 2.82. The summed E-state index contributed by atoms with van der Waals surface area (Å²) in [6.07, 6.45) is 1.90. The van der Waals surface area contributed by atoms with Gasteiger partial charge in [0.2, 0.25) is 0 Å². The number of hydrogen-bond donors (Lipinski definition) is 1. The summed E-state index contributed by atoms with van der Waals surface area (Å²) in [5, 5.41) is 0.130. The van der Waals surface area contributed by atoms with Crippen LogP contribution in [0.5, 0.6) is 0 Å². The monoisotopic (exact) mass is 129 g/mol. The largest absolute Gasteiger partial charge is 0.306 e. The number of rotatable bonds is 1. The van der Waals surface area contributed by atoms with Crippen LogP contribution in [0.15, 0.2) is 0 Å². The quantitative estimate of drug-likeness (QED) is 0.399. The van der Waals surface area contributed by atoms with Gasteiger partial charge >= 0.3 is 0 Å². The van der Waals surface area contributed by atoms with Gasteiger partial charge in [-0.05, 0) is 12.8 Å². The van der Waals surface area contributed by atoms with Gasteiger partial charge in [-0.3, -0.25) is 0 Å². The predicted molar refractivity (Wildman–Crippen MR) is 29.5 cm³/mol. The average Bonchev–Trinajstić information content (AvgIpc) is 2.06. The van der Waals surface area contributed by atoms with E-state index in [1.807, 2.05) is 0 Å². The van der Waals surface area contributed by atoms with E-state index in [1.54, 1.807) is 0 Å². The van der Waals surface area contributed by atoms with Gasteiger partial charge in [-0.1, -0.05) is 0 Å². The summed E-state index contributed by atoms with van der Waals surface area (Å²) in [4.78, 5) is 0. The fourth-order valence-corrected chi connectivity index (χ4v) is 0.809. The fraction of sp³-hybridized carbons (Fsp3) is 1.00. The van der Waals surface area contributed by atoms with Crippen LogP contribution in [0.25, 0.3) is 0 Å². The Bertz CT molecular complexity index is 81.0. The van der Waals surface area contributed by atoms with Crippen molar-refractivity contribution in [1.82, 2.24) is 0 Å². The molecule has 0 saturated heterocycles. The molecule has 37 valence electrons. The maximum Gasteiger partial charge on any atom is 0.155 e. The molecule has 1 aliphatic carbocycles. The SMILES string of the molecule is O=S(O)C1CC1.[Na]. The first-order chi connectivity index (χ1) is 2.80. The molecule has 0 heterocycles. The van der Waals surface area contributed by atoms with Crippen LogP contribution >= 0.6 is 0 Å². The van der Waals surface area contributed by atoms with Crippen molar-refractivity contribution in [2.24, 2.45) is 0 Å². The van der Waals surface area contributed by atoms with Crippen molar-refractivity contribution in [3.8, 4) is 0 Å². The first-order valence-electron chi connectivity index (χ1n) is 1.90. The normalized spacial score (nSPS) is 23.0. The van der Waals surface area contributed by atoms with Crippen molar-refractivity contribution in [2.75, 3.05) is 0 Å². The summed E-state index contributed by atoms with van der Waals surface area (Å²) in [6, 6.07) is 0. The summed E-state index contributed by atoms with van der Waals surface area (Å²) in [5.41, 5.74) is 0. The first-order valence-corrected chi connectivity index (χ1v) is 3.07. The molecule has 1 N–H and O–H groups in total. The topological polar surface area (TPSA) is 37.3 Å². The van der Waals surface area contributed by atoms with Crippen LogP contribution in [-0.2, 0) is 11.1 Å². The van der Waals surface area contributed by atoms with Gasteiger partial charge in [0.1, 0.15) is 0 Å². The van der Waals surface area contributed by atoms with E-state index in [0.29, 0.717) is 0 Å². The van der Waals surface area contributed by atoms with Crippen molar-refractivity contribution in [1.29, 1.82) is 0 Å². The predicted octanol–water partition coefficient (Wildman–Crippen LogP) is -0.0103. The summed E-state index contributed by atoms with van der Waals surface area (Å²) < 4.78 is 18.0. The number of hydrogen-bond acceptors (Lipinski definition) is 1. The molecule has 0 aromatic heterocycles. The van der Waals surface area contributed by atoms with Gasteiger partial charge in [-0.2, -0.15) is 0 Å². The van der Waals surface area contributed by atoms with Crippen LogP contribution in [0.4, 0.5) is 0 Å². The van der Waals surface area contributed by atoms with Crippen molar-refractivity contribution in [3.05, 3.63) is 0 Å².